The number of furan rings is 1. The van der Waals surface area contributed by atoms with Crippen LogP contribution in [0.15, 0.2) is 70.7 Å². The van der Waals surface area contributed by atoms with E-state index >= 15 is 0 Å². The molecule has 182 valence electrons. The zero-order chi connectivity index (χ0) is 25.3. The molecule has 1 aliphatic heterocycles. The zero-order valence-electron chi connectivity index (χ0n) is 18.6. The van der Waals surface area contributed by atoms with Crippen LogP contribution in [0, 0.1) is 6.92 Å². The number of nitrogens with zero attached hydrogens (tertiary/aromatic N) is 1. The first-order valence-electron chi connectivity index (χ1n) is 10.6. The molecular weight excluding hydrogens is 467 g/mol. The van der Waals surface area contributed by atoms with E-state index < -0.39 is 35.6 Å². The summed E-state index contributed by atoms with van der Waals surface area (Å²) in [5, 5.41) is 11.1. The SMILES string of the molecule is CCOc1ccc(/C(O)=C2/C(=O)C(=O)N(c3cccc(OC(F)(F)F)c3)C2c2ccc(C)o2)cc1. The number of benzene rings is 2. The van der Waals surface area contributed by atoms with Gasteiger partial charge in [-0.1, -0.05) is 6.07 Å². The van der Waals surface area contributed by atoms with Crippen LogP contribution in [-0.2, 0) is 9.59 Å². The summed E-state index contributed by atoms with van der Waals surface area (Å²) in [4.78, 5) is 27.2. The second-order valence-electron chi connectivity index (χ2n) is 7.62. The standard InChI is InChI=1S/C25H20F3NO6/c1-3-33-17-10-8-15(9-11-17)22(30)20-21(19-12-7-14(2)34-19)29(24(32)23(20)31)16-5-4-6-18(13-16)35-25(26,27)28/h4-13,21,30H,3H2,1-2H3/b22-20-. The largest absolute Gasteiger partial charge is 0.573 e. The van der Waals surface area contributed by atoms with Gasteiger partial charge >= 0.3 is 6.36 Å². The Bertz CT molecular complexity index is 1290. The van der Waals surface area contributed by atoms with Crippen molar-refractivity contribution in [1.29, 1.82) is 0 Å². The average Bonchev–Trinajstić information content (AvgIpc) is 3.34. The van der Waals surface area contributed by atoms with Crippen molar-refractivity contribution in [3.63, 3.8) is 0 Å². The molecule has 1 unspecified atom stereocenters. The molecule has 10 heteroatoms. The first-order valence-corrected chi connectivity index (χ1v) is 10.6. The summed E-state index contributed by atoms with van der Waals surface area (Å²) in [6.45, 7) is 3.90. The predicted octanol–water partition coefficient (Wildman–Crippen LogP) is 5.51. The minimum Gasteiger partial charge on any atom is -0.507 e. The fraction of sp³-hybridized carbons (Fsp3) is 0.200. The number of aliphatic hydroxyl groups is 1. The van der Waals surface area contributed by atoms with Gasteiger partial charge in [0.05, 0.1) is 12.2 Å². The molecule has 7 nitrogen and oxygen atoms in total. The molecule has 1 saturated heterocycles. The van der Waals surface area contributed by atoms with Crippen LogP contribution in [0.5, 0.6) is 11.5 Å². The van der Waals surface area contributed by atoms with Crippen LogP contribution >= 0.6 is 0 Å². The van der Waals surface area contributed by atoms with Crippen LogP contribution in [-0.4, -0.2) is 29.8 Å². The third-order valence-corrected chi connectivity index (χ3v) is 5.24. The predicted molar refractivity (Wildman–Crippen MR) is 119 cm³/mol. The Labute approximate surface area is 198 Å². The lowest BCUT2D eigenvalue weighted by molar-refractivity contribution is -0.274. The number of hydrogen-bond acceptors (Lipinski definition) is 6. The van der Waals surface area contributed by atoms with E-state index in [0.717, 1.165) is 17.0 Å². The van der Waals surface area contributed by atoms with Gasteiger partial charge in [0.25, 0.3) is 11.7 Å². The van der Waals surface area contributed by atoms with Crippen molar-refractivity contribution < 1.29 is 41.8 Å². The Hall–Kier alpha value is -4.21. The first-order chi connectivity index (χ1) is 16.6. The molecule has 0 bridgehead atoms. The number of alkyl halides is 3. The van der Waals surface area contributed by atoms with Crippen molar-refractivity contribution >= 4 is 23.1 Å². The van der Waals surface area contributed by atoms with Gasteiger partial charge in [-0.3, -0.25) is 14.5 Å². The summed E-state index contributed by atoms with van der Waals surface area (Å²) in [6, 6.07) is 12.8. The van der Waals surface area contributed by atoms with E-state index in [0.29, 0.717) is 18.1 Å². The van der Waals surface area contributed by atoms with Crippen molar-refractivity contribution in [3.8, 4) is 11.5 Å². The van der Waals surface area contributed by atoms with Crippen molar-refractivity contribution in [2.24, 2.45) is 0 Å². The lowest BCUT2D eigenvalue weighted by Gasteiger charge is -2.24. The Morgan fingerprint density at radius 3 is 2.37 bits per heavy atom. The molecule has 1 atom stereocenters. The lowest BCUT2D eigenvalue weighted by Crippen LogP contribution is -2.29. The number of anilines is 1. The second-order valence-corrected chi connectivity index (χ2v) is 7.62. The van der Waals surface area contributed by atoms with E-state index in [1.165, 1.54) is 30.3 Å². The number of aliphatic hydroxyl groups excluding tert-OH is 1. The molecule has 0 radical (unpaired) electrons. The number of amides is 1. The molecule has 0 aliphatic carbocycles. The first kappa shape index (κ1) is 23.9. The number of rotatable bonds is 6. The topological polar surface area (TPSA) is 89.2 Å². The maximum absolute atomic E-state index is 13.1. The molecule has 3 aromatic rings. The molecular formula is C25H20F3NO6. The van der Waals surface area contributed by atoms with Crippen LogP contribution in [0.25, 0.3) is 5.76 Å². The lowest BCUT2D eigenvalue weighted by atomic mass is 9.99. The fourth-order valence-corrected chi connectivity index (χ4v) is 3.83. The summed E-state index contributed by atoms with van der Waals surface area (Å²) >= 11 is 0. The highest BCUT2D eigenvalue weighted by molar-refractivity contribution is 6.51. The van der Waals surface area contributed by atoms with Crippen molar-refractivity contribution in [2.75, 3.05) is 11.5 Å². The molecule has 1 amide bonds. The van der Waals surface area contributed by atoms with Gasteiger partial charge in [0.1, 0.15) is 34.8 Å². The monoisotopic (exact) mass is 487 g/mol. The minimum atomic E-state index is -4.95. The van der Waals surface area contributed by atoms with E-state index in [2.05, 4.69) is 4.74 Å². The number of halogens is 3. The third kappa shape index (κ3) is 4.86. The third-order valence-electron chi connectivity index (χ3n) is 5.24. The molecule has 0 spiro atoms. The highest BCUT2D eigenvalue weighted by Crippen LogP contribution is 2.43. The number of carbonyl (C=O) groups is 2. The molecule has 4 rings (SSSR count). The number of Topliss-reactive ketones (excluding diaryl/α,β-unsaturated/α-hetero) is 1. The summed E-state index contributed by atoms with van der Waals surface area (Å²) < 4.78 is 53.3. The van der Waals surface area contributed by atoms with E-state index in [1.54, 1.807) is 25.1 Å². The highest BCUT2D eigenvalue weighted by Gasteiger charge is 2.48. The Kier molecular flexibility index (Phi) is 6.29. The van der Waals surface area contributed by atoms with Gasteiger partial charge in [-0.05, 0) is 62.4 Å². The normalized spacial score (nSPS) is 17.6. The maximum atomic E-state index is 13.1. The van der Waals surface area contributed by atoms with Crippen molar-refractivity contribution in [1.82, 2.24) is 0 Å². The Morgan fingerprint density at radius 1 is 1.06 bits per heavy atom. The minimum absolute atomic E-state index is 0.0429. The van der Waals surface area contributed by atoms with Gasteiger partial charge < -0.3 is 19.0 Å². The maximum Gasteiger partial charge on any atom is 0.573 e. The molecule has 2 heterocycles. The van der Waals surface area contributed by atoms with Crippen molar-refractivity contribution in [3.05, 3.63) is 83.3 Å². The van der Waals surface area contributed by atoms with Crippen LogP contribution in [0.1, 0.15) is 30.0 Å². The highest BCUT2D eigenvalue weighted by atomic mass is 19.4. The molecule has 2 aromatic carbocycles. The Morgan fingerprint density at radius 2 is 1.77 bits per heavy atom. The number of ether oxygens (including phenoxy) is 2. The molecule has 35 heavy (non-hydrogen) atoms. The smallest absolute Gasteiger partial charge is 0.507 e. The molecule has 0 saturated carbocycles. The molecule has 1 aromatic heterocycles. The van der Waals surface area contributed by atoms with Gasteiger partial charge in [0.15, 0.2) is 0 Å². The van der Waals surface area contributed by atoms with E-state index in [-0.39, 0.29) is 22.6 Å². The molecule has 1 N–H and O–H groups in total. The van der Waals surface area contributed by atoms with Crippen molar-refractivity contribution in [2.45, 2.75) is 26.3 Å². The van der Waals surface area contributed by atoms with Crippen LogP contribution in [0.4, 0.5) is 18.9 Å². The summed E-state index contributed by atoms with van der Waals surface area (Å²) in [5.74, 6) is -1.92. The Balaban J connectivity index is 1.84. The summed E-state index contributed by atoms with van der Waals surface area (Å²) in [7, 11) is 0. The number of aryl methyl sites for hydroxylation is 1. The zero-order valence-corrected chi connectivity index (χ0v) is 18.6. The van der Waals surface area contributed by atoms with Gasteiger partial charge in [0, 0.05) is 17.3 Å². The number of ketones is 1. The van der Waals surface area contributed by atoms with Gasteiger partial charge in [-0.2, -0.15) is 0 Å². The molecule has 1 aliphatic rings. The van der Waals surface area contributed by atoms with Crippen LogP contribution < -0.4 is 14.4 Å². The number of carbonyl (C=O) groups excluding carboxylic acids is 2. The van der Waals surface area contributed by atoms with Gasteiger partial charge in [0.2, 0.25) is 0 Å². The summed E-state index contributed by atoms with van der Waals surface area (Å²) in [5.41, 5.74) is -0.0665. The van der Waals surface area contributed by atoms with Gasteiger partial charge in [-0.15, -0.1) is 13.2 Å². The van der Waals surface area contributed by atoms with Crippen LogP contribution in [0.2, 0.25) is 0 Å². The summed E-state index contributed by atoms with van der Waals surface area (Å²) in [6.07, 6.45) is -4.95. The van der Waals surface area contributed by atoms with Gasteiger partial charge in [-0.25, -0.2) is 0 Å². The van der Waals surface area contributed by atoms with E-state index in [4.69, 9.17) is 9.15 Å². The van der Waals surface area contributed by atoms with E-state index in [9.17, 15) is 27.9 Å². The fourth-order valence-electron chi connectivity index (χ4n) is 3.83. The number of hydrogen-bond donors (Lipinski definition) is 1. The van der Waals surface area contributed by atoms with Crippen LogP contribution in [0.3, 0.4) is 0 Å². The van der Waals surface area contributed by atoms with E-state index in [1.807, 2.05) is 6.92 Å². The molecule has 1 fully saturated rings. The second kappa shape index (κ2) is 9.21. The quantitative estimate of drug-likeness (QED) is 0.280. The average molecular weight is 487 g/mol.